The second-order valence-electron chi connectivity index (χ2n) is 3.62. The minimum Gasteiger partial charge on any atom is -0.383 e. The summed E-state index contributed by atoms with van der Waals surface area (Å²) in [6, 6.07) is 5.97. The molecule has 0 aliphatic rings. The van der Waals surface area contributed by atoms with Crippen molar-refractivity contribution in [3.63, 3.8) is 0 Å². The van der Waals surface area contributed by atoms with Gasteiger partial charge in [-0.1, -0.05) is 6.07 Å². The van der Waals surface area contributed by atoms with Crippen molar-refractivity contribution in [3.8, 4) is 0 Å². The molecule has 0 bridgehead atoms. The lowest BCUT2D eigenvalue weighted by Crippen LogP contribution is -2.03. The molecule has 0 saturated heterocycles. The molecule has 0 amide bonds. The van der Waals surface area contributed by atoms with Gasteiger partial charge in [0.1, 0.15) is 17.5 Å². The molecule has 6 heteroatoms. The van der Waals surface area contributed by atoms with Gasteiger partial charge in [0.15, 0.2) is 0 Å². The largest absolute Gasteiger partial charge is 0.383 e. The number of nitrogen functional groups attached to an aromatic ring is 2. The summed E-state index contributed by atoms with van der Waals surface area (Å²) in [5.74, 6) is 0.437. The zero-order chi connectivity index (χ0) is 12.4. The quantitative estimate of drug-likeness (QED) is 0.736. The predicted octanol–water partition coefficient (Wildman–Crippen LogP) is 1.83. The molecule has 0 saturated carbocycles. The van der Waals surface area contributed by atoms with Gasteiger partial charge in [-0.25, -0.2) is 4.39 Å². The summed E-state index contributed by atoms with van der Waals surface area (Å²) in [5.41, 5.74) is 12.5. The molecule has 1 aromatic heterocycles. The molecular formula is C11H12FN5. The molecule has 1 heterocycles. The minimum absolute atomic E-state index is 0.0709. The Balaban J connectivity index is 2.34. The number of hydrogen-bond donors (Lipinski definition) is 3. The van der Waals surface area contributed by atoms with Crippen molar-refractivity contribution in [2.24, 2.45) is 0 Å². The highest BCUT2D eigenvalue weighted by molar-refractivity contribution is 5.62. The van der Waals surface area contributed by atoms with Gasteiger partial charge in [-0.3, -0.25) is 0 Å². The van der Waals surface area contributed by atoms with Crippen LogP contribution in [-0.4, -0.2) is 9.97 Å². The van der Waals surface area contributed by atoms with Crippen LogP contribution in [-0.2, 0) is 0 Å². The van der Waals surface area contributed by atoms with Crippen molar-refractivity contribution in [1.29, 1.82) is 0 Å². The highest BCUT2D eigenvalue weighted by Crippen LogP contribution is 2.21. The third kappa shape index (κ3) is 2.60. The van der Waals surface area contributed by atoms with Crippen LogP contribution < -0.4 is 16.8 Å². The topological polar surface area (TPSA) is 89.8 Å². The van der Waals surface area contributed by atoms with Crippen LogP contribution in [0.25, 0.3) is 0 Å². The molecule has 0 unspecified atom stereocenters. The van der Waals surface area contributed by atoms with Crippen LogP contribution in [0.4, 0.5) is 27.7 Å². The van der Waals surface area contributed by atoms with Gasteiger partial charge >= 0.3 is 0 Å². The van der Waals surface area contributed by atoms with Crippen molar-refractivity contribution in [3.05, 3.63) is 35.6 Å². The van der Waals surface area contributed by atoms with Gasteiger partial charge < -0.3 is 16.8 Å². The Morgan fingerprint density at radius 3 is 2.65 bits per heavy atom. The molecule has 0 aliphatic carbocycles. The molecule has 5 N–H and O–H groups in total. The Hall–Kier alpha value is -2.37. The Labute approximate surface area is 97.7 Å². The summed E-state index contributed by atoms with van der Waals surface area (Å²) >= 11 is 0. The summed E-state index contributed by atoms with van der Waals surface area (Å²) in [4.78, 5) is 7.70. The van der Waals surface area contributed by atoms with Gasteiger partial charge in [-0.2, -0.15) is 9.97 Å². The maximum atomic E-state index is 13.1. The van der Waals surface area contributed by atoms with Crippen LogP contribution in [0, 0.1) is 12.7 Å². The standard InChI is InChI=1S/C11H12FN5/c1-6-2-3-7(12)4-8(6)15-10-5-9(13)16-11(14)17-10/h2-5H,1H3,(H5,13,14,15,16,17). The van der Waals surface area contributed by atoms with Crippen LogP contribution in [0.15, 0.2) is 24.3 Å². The zero-order valence-electron chi connectivity index (χ0n) is 9.24. The third-order valence-electron chi connectivity index (χ3n) is 2.23. The van der Waals surface area contributed by atoms with Crippen LogP contribution in [0.1, 0.15) is 5.56 Å². The van der Waals surface area contributed by atoms with E-state index >= 15 is 0 Å². The molecular weight excluding hydrogens is 221 g/mol. The lowest BCUT2D eigenvalue weighted by Gasteiger charge is -2.09. The van der Waals surface area contributed by atoms with Crippen LogP contribution in [0.3, 0.4) is 0 Å². The van der Waals surface area contributed by atoms with Crippen LogP contribution >= 0.6 is 0 Å². The van der Waals surface area contributed by atoms with Gasteiger partial charge in [-0.15, -0.1) is 0 Å². The third-order valence-corrected chi connectivity index (χ3v) is 2.23. The van der Waals surface area contributed by atoms with E-state index in [0.717, 1.165) is 5.56 Å². The lowest BCUT2D eigenvalue weighted by atomic mass is 10.2. The molecule has 1 aromatic carbocycles. The highest BCUT2D eigenvalue weighted by atomic mass is 19.1. The average Bonchev–Trinajstić information content (AvgIpc) is 2.22. The monoisotopic (exact) mass is 233 g/mol. The van der Waals surface area contributed by atoms with E-state index in [-0.39, 0.29) is 17.6 Å². The van der Waals surface area contributed by atoms with Crippen molar-refractivity contribution in [2.45, 2.75) is 6.92 Å². The van der Waals surface area contributed by atoms with E-state index < -0.39 is 0 Å². The van der Waals surface area contributed by atoms with E-state index in [1.54, 1.807) is 6.07 Å². The molecule has 2 rings (SSSR count). The van der Waals surface area contributed by atoms with Crippen molar-refractivity contribution in [2.75, 3.05) is 16.8 Å². The number of nitrogens with zero attached hydrogens (tertiary/aromatic N) is 2. The molecule has 0 spiro atoms. The number of halogens is 1. The molecule has 5 nitrogen and oxygen atoms in total. The molecule has 0 atom stereocenters. The number of benzene rings is 1. The second kappa shape index (κ2) is 4.25. The molecule has 0 radical (unpaired) electrons. The Morgan fingerprint density at radius 2 is 1.94 bits per heavy atom. The number of anilines is 4. The molecule has 88 valence electrons. The first-order valence-electron chi connectivity index (χ1n) is 4.98. The maximum Gasteiger partial charge on any atom is 0.223 e. The summed E-state index contributed by atoms with van der Waals surface area (Å²) in [5, 5.41) is 2.94. The number of nitrogens with one attached hydrogen (secondary N) is 1. The molecule has 0 aliphatic heterocycles. The summed E-state index contributed by atoms with van der Waals surface area (Å²) in [6.45, 7) is 1.86. The fourth-order valence-corrected chi connectivity index (χ4v) is 1.42. The van der Waals surface area contributed by atoms with Crippen molar-refractivity contribution < 1.29 is 4.39 Å². The summed E-state index contributed by atoms with van der Waals surface area (Å²) in [7, 11) is 0. The number of nitrogens with two attached hydrogens (primary N) is 2. The van der Waals surface area contributed by atoms with E-state index in [2.05, 4.69) is 15.3 Å². The van der Waals surface area contributed by atoms with Crippen molar-refractivity contribution >= 4 is 23.3 Å². The lowest BCUT2D eigenvalue weighted by molar-refractivity contribution is 0.628. The number of hydrogen-bond acceptors (Lipinski definition) is 5. The van der Waals surface area contributed by atoms with E-state index in [0.29, 0.717) is 11.5 Å². The zero-order valence-corrected chi connectivity index (χ0v) is 9.24. The SMILES string of the molecule is Cc1ccc(F)cc1Nc1cc(N)nc(N)n1. The van der Waals surface area contributed by atoms with E-state index in [1.165, 1.54) is 18.2 Å². The van der Waals surface area contributed by atoms with Gasteiger partial charge in [0.2, 0.25) is 5.95 Å². The first-order chi connectivity index (χ1) is 8.04. The fourth-order valence-electron chi connectivity index (χ4n) is 1.42. The first kappa shape index (κ1) is 11.1. The number of rotatable bonds is 2. The number of aryl methyl sites for hydroxylation is 1. The van der Waals surface area contributed by atoms with E-state index in [1.807, 2.05) is 6.92 Å². The van der Waals surface area contributed by atoms with Gasteiger partial charge in [-0.05, 0) is 24.6 Å². The van der Waals surface area contributed by atoms with Gasteiger partial charge in [0.25, 0.3) is 0 Å². The summed E-state index contributed by atoms with van der Waals surface area (Å²) < 4.78 is 13.1. The fraction of sp³-hybridized carbons (Fsp3) is 0.0909. The molecule has 0 fully saturated rings. The maximum absolute atomic E-state index is 13.1. The van der Waals surface area contributed by atoms with Crippen LogP contribution in [0.5, 0.6) is 0 Å². The average molecular weight is 233 g/mol. The smallest absolute Gasteiger partial charge is 0.223 e. The highest BCUT2D eigenvalue weighted by Gasteiger charge is 2.04. The van der Waals surface area contributed by atoms with E-state index in [4.69, 9.17) is 11.5 Å². The van der Waals surface area contributed by atoms with Gasteiger partial charge in [0.05, 0.1) is 0 Å². The Morgan fingerprint density at radius 1 is 1.18 bits per heavy atom. The minimum atomic E-state index is -0.326. The van der Waals surface area contributed by atoms with E-state index in [9.17, 15) is 4.39 Å². The Bertz CT molecular complexity index is 535. The second-order valence-corrected chi connectivity index (χ2v) is 3.62. The predicted molar refractivity (Wildman–Crippen MR) is 65.3 cm³/mol. The van der Waals surface area contributed by atoms with Gasteiger partial charge in [0, 0.05) is 11.8 Å². The van der Waals surface area contributed by atoms with Crippen LogP contribution in [0.2, 0.25) is 0 Å². The summed E-state index contributed by atoms with van der Waals surface area (Å²) in [6.07, 6.45) is 0. The molecule has 2 aromatic rings. The van der Waals surface area contributed by atoms with Crippen molar-refractivity contribution in [1.82, 2.24) is 9.97 Å². The molecule has 17 heavy (non-hydrogen) atoms. The normalized spacial score (nSPS) is 10.2. The Kier molecular flexibility index (Phi) is 2.78. The first-order valence-corrected chi connectivity index (χ1v) is 4.98. The number of aromatic nitrogens is 2.